The molecule has 5 nitrogen and oxygen atoms in total. The molecule has 1 aliphatic rings. The first-order chi connectivity index (χ1) is 13.1. The van der Waals surface area contributed by atoms with Gasteiger partial charge in [0.2, 0.25) is 5.43 Å². The fourth-order valence-electron chi connectivity index (χ4n) is 3.42. The predicted molar refractivity (Wildman–Crippen MR) is 114 cm³/mol. The SMILES string of the molecule is O=c1cc(NCCCNC2CCNc3c(Br)cc(F)cc32)[nH]c2ccsc12. The molecule has 1 aromatic carbocycles. The molecule has 8 heteroatoms. The Kier molecular flexibility index (Phi) is 5.47. The van der Waals surface area contributed by atoms with Crippen LogP contribution in [-0.2, 0) is 0 Å². The average Bonchev–Trinajstić information content (AvgIpc) is 3.11. The number of halogens is 2. The molecule has 4 rings (SSSR count). The number of pyridine rings is 1. The van der Waals surface area contributed by atoms with Gasteiger partial charge in [0, 0.05) is 29.7 Å². The Morgan fingerprint density at radius 3 is 3.07 bits per heavy atom. The van der Waals surface area contributed by atoms with Crippen molar-refractivity contribution in [3.8, 4) is 0 Å². The molecule has 1 atom stereocenters. The smallest absolute Gasteiger partial charge is 0.201 e. The van der Waals surface area contributed by atoms with Gasteiger partial charge in [-0.25, -0.2) is 4.39 Å². The fourth-order valence-corrected chi connectivity index (χ4v) is 4.77. The Labute approximate surface area is 168 Å². The third-order valence-electron chi connectivity index (χ3n) is 4.69. The van der Waals surface area contributed by atoms with Crippen LogP contribution in [0.15, 0.2) is 38.9 Å². The van der Waals surface area contributed by atoms with E-state index in [2.05, 4.69) is 36.9 Å². The van der Waals surface area contributed by atoms with Gasteiger partial charge in [-0.2, -0.15) is 0 Å². The predicted octanol–water partition coefficient (Wildman–Crippen LogP) is 4.44. The van der Waals surface area contributed by atoms with Crippen molar-refractivity contribution in [2.45, 2.75) is 18.9 Å². The van der Waals surface area contributed by atoms with Crippen molar-refractivity contribution in [3.63, 3.8) is 0 Å². The Bertz CT molecular complexity index is 1020. The van der Waals surface area contributed by atoms with Crippen LogP contribution in [-0.4, -0.2) is 24.6 Å². The van der Waals surface area contributed by atoms with Crippen LogP contribution < -0.4 is 21.4 Å². The van der Waals surface area contributed by atoms with Crippen LogP contribution in [0, 0.1) is 5.82 Å². The lowest BCUT2D eigenvalue weighted by Gasteiger charge is -2.28. The molecule has 142 valence electrons. The number of nitrogens with one attached hydrogen (secondary N) is 4. The fraction of sp³-hybridized carbons (Fsp3) is 0.316. The molecular formula is C19H20BrFN4OS. The largest absolute Gasteiger partial charge is 0.384 e. The highest BCUT2D eigenvalue weighted by Crippen LogP contribution is 2.36. The van der Waals surface area contributed by atoms with Crippen molar-refractivity contribution < 1.29 is 4.39 Å². The summed E-state index contributed by atoms with van der Waals surface area (Å²) in [5.41, 5.74) is 2.85. The van der Waals surface area contributed by atoms with E-state index in [0.29, 0.717) is 0 Å². The molecule has 0 fully saturated rings. The topological polar surface area (TPSA) is 69.0 Å². The molecule has 4 N–H and O–H groups in total. The maximum atomic E-state index is 13.8. The van der Waals surface area contributed by atoms with Crippen LogP contribution in [0.1, 0.15) is 24.4 Å². The molecular weight excluding hydrogens is 431 g/mol. The van der Waals surface area contributed by atoms with Crippen molar-refractivity contribution >= 4 is 49.0 Å². The third-order valence-corrected chi connectivity index (χ3v) is 6.24. The maximum absolute atomic E-state index is 13.8. The second-order valence-electron chi connectivity index (χ2n) is 6.56. The number of anilines is 2. The van der Waals surface area contributed by atoms with E-state index < -0.39 is 0 Å². The standard InChI is InChI=1S/C19H20BrFN4OS/c20-13-9-11(21)8-12-14(2-6-24-18(12)13)22-4-1-5-23-17-10-16(26)19-15(25-17)3-7-27-19/h3,7-10,14,22,24H,1-2,4-6H2,(H2,23,25,26). The molecule has 0 amide bonds. The number of benzene rings is 1. The Balaban J connectivity index is 1.31. The van der Waals surface area contributed by atoms with Crippen LogP contribution >= 0.6 is 27.3 Å². The molecule has 0 saturated heterocycles. The van der Waals surface area contributed by atoms with E-state index in [1.54, 1.807) is 12.1 Å². The summed E-state index contributed by atoms with van der Waals surface area (Å²) in [4.78, 5) is 15.3. The first-order valence-corrected chi connectivity index (χ1v) is 10.6. The number of fused-ring (bicyclic) bond motifs is 2. The number of hydrogen-bond acceptors (Lipinski definition) is 5. The summed E-state index contributed by atoms with van der Waals surface area (Å²) in [6.45, 7) is 2.40. The number of thiophene rings is 1. The summed E-state index contributed by atoms with van der Waals surface area (Å²) in [7, 11) is 0. The first-order valence-electron chi connectivity index (χ1n) is 8.92. The molecule has 0 saturated carbocycles. The van der Waals surface area contributed by atoms with Crippen molar-refractivity contribution in [3.05, 3.63) is 55.7 Å². The quantitative estimate of drug-likeness (QED) is 0.419. The number of aromatic nitrogens is 1. The van der Waals surface area contributed by atoms with E-state index in [1.807, 2.05) is 11.4 Å². The van der Waals surface area contributed by atoms with Crippen LogP contribution in [0.3, 0.4) is 0 Å². The molecule has 2 aromatic heterocycles. The minimum absolute atomic E-state index is 0.0401. The van der Waals surface area contributed by atoms with Crippen LogP contribution in [0.5, 0.6) is 0 Å². The summed E-state index contributed by atoms with van der Waals surface area (Å²) >= 11 is 4.88. The minimum atomic E-state index is -0.231. The zero-order chi connectivity index (χ0) is 18.8. The third kappa shape index (κ3) is 4.02. The van der Waals surface area contributed by atoms with Crippen LogP contribution in [0.4, 0.5) is 15.9 Å². The second kappa shape index (κ2) is 8.00. The van der Waals surface area contributed by atoms with Crippen molar-refractivity contribution in [2.75, 3.05) is 30.3 Å². The van der Waals surface area contributed by atoms with Gasteiger partial charge < -0.3 is 20.9 Å². The Hall–Kier alpha value is -1.90. The summed E-state index contributed by atoms with van der Waals surface area (Å²) < 4.78 is 15.3. The monoisotopic (exact) mass is 450 g/mol. The van der Waals surface area contributed by atoms with Gasteiger partial charge in [-0.05, 0) is 64.5 Å². The second-order valence-corrected chi connectivity index (χ2v) is 8.34. The highest BCUT2D eigenvalue weighted by Gasteiger charge is 2.22. The van der Waals surface area contributed by atoms with Gasteiger partial charge in [-0.1, -0.05) is 0 Å². The highest BCUT2D eigenvalue weighted by atomic mass is 79.9. The molecule has 27 heavy (non-hydrogen) atoms. The molecule has 3 heterocycles. The van der Waals surface area contributed by atoms with Crippen LogP contribution in [0.25, 0.3) is 10.2 Å². The number of aromatic amines is 1. The summed E-state index contributed by atoms with van der Waals surface area (Å²) in [6.07, 6.45) is 1.80. The lowest BCUT2D eigenvalue weighted by Crippen LogP contribution is -2.30. The van der Waals surface area contributed by atoms with Gasteiger partial charge in [-0.15, -0.1) is 11.3 Å². The molecule has 0 bridgehead atoms. The first kappa shape index (κ1) is 18.5. The van der Waals surface area contributed by atoms with Crippen molar-refractivity contribution in [1.82, 2.24) is 10.3 Å². The Morgan fingerprint density at radius 2 is 2.19 bits per heavy atom. The number of H-pyrrole nitrogens is 1. The van der Waals surface area contributed by atoms with E-state index in [9.17, 15) is 9.18 Å². The van der Waals surface area contributed by atoms with Gasteiger partial charge in [-0.3, -0.25) is 4.79 Å². The summed E-state index contributed by atoms with van der Waals surface area (Å²) in [5.74, 6) is 0.509. The minimum Gasteiger partial charge on any atom is -0.384 e. The molecule has 1 aliphatic heterocycles. The van der Waals surface area contributed by atoms with Gasteiger partial charge in [0.15, 0.2) is 0 Å². The molecule has 0 radical (unpaired) electrons. The lowest BCUT2D eigenvalue weighted by molar-refractivity contribution is 0.493. The van der Waals surface area contributed by atoms with Crippen LogP contribution in [0.2, 0.25) is 0 Å². The molecule has 0 spiro atoms. The van der Waals surface area contributed by atoms with Gasteiger partial charge in [0.1, 0.15) is 11.6 Å². The number of hydrogen-bond donors (Lipinski definition) is 4. The summed E-state index contributed by atoms with van der Waals surface area (Å²) in [6, 6.07) is 6.75. The molecule has 3 aromatic rings. The highest BCUT2D eigenvalue weighted by molar-refractivity contribution is 9.10. The van der Waals surface area contributed by atoms with Gasteiger partial charge >= 0.3 is 0 Å². The van der Waals surface area contributed by atoms with E-state index >= 15 is 0 Å². The van der Waals surface area contributed by atoms with Crippen molar-refractivity contribution in [1.29, 1.82) is 0 Å². The van der Waals surface area contributed by atoms with Gasteiger partial charge in [0.05, 0.1) is 15.9 Å². The number of rotatable bonds is 6. The van der Waals surface area contributed by atoms with E-state index in [-0.39, 0.29) is 17.3 Å². The van der Waals surface area contributed by atoms with E-state index in [4.69, 9.17) is 0 Å². The van der Waals surface area contributed by atoms with E-state index in [0.717, 1.165) is 64.2 Å². The normalized spacial score (nSPS) is 16.1. The summed E-state index contributed by atoms with van der Waals surface area (Å²) in [5, 5.41) is 12.0. The zero-order valence-electron chi connectivity index (χ0n) is 14.6. The van der Waals surface area contributed by atoms with E-state index in [1.165, 1.54) is 17.4 Å². The lowest BCUT2D eigenvalue weighted by atomic mass is 9.97. The Morgan fingerprint density at radius 1 is 1.30 bits per heavy atom. The maximum Gasteiger partial charge on any atom is 0.201 e. The molecule has 1 unspecified atom stereocenters. The van der Waals surface area contributed by atoms with Crippen molar-refractivity contribution in [2.24, 2.45) is 0 Å². The van der Waals surface area contributed by atoms with Gasteiger partial charge in [0.25, 0.3) is 0 Å². The molecule has 0 aliphatic carbocycles. The zero-order valence-corrected chi connectivity index (χ0v) is 17.0. The average molecular weight is 451 g/mol.